The summed E-state index contributed by atoms with van der Waals surface area (Å²) < 4.78 is 34.9. The molecule has 3 aliphatic heterocycles. The number of piperidine rings is 1. The Labute approximate surface area is 243 Å². The molecule has 41 heavy (non-hydrogen) atoms. The first-order valence-electron chi connectivity index (χ1n) is 14.9. The monoisotopic (exact) mass is 595 g/mol. The van der Waals surface area contributed by atoms with Gasteiger partial charge in [0.25, 0.3) is 5.91 Å². The van der Waals surface area contributed by atoms with Gasteiger partial charge in [0.2, 0.25) is 11.8 Å². The number of nitrogens with one attached hydrogen (secondary N) is 3. The van der Waals surface area contributed by atoms with Crippen LogP contribution in [0, 0.1) is 5.92 Å². The Kier molecular flexibility index (Phi) is 9.67. The molecule has 3 N–H and O–H groups in total. The van der Waals surface area contributed by atoms with E-state index in [2.05, 4.69) is 15.4 Å². The van der Waals surface area contributed by atoms with E-state index in [1.807, 2.05) is 12.2 Å². The number of hydrogen-bond acceptors (Lipinski definition) is 7. The fourth-order valence-corrected chi connectivity index (χ4v) is 7.21. The van der Waals surface area contributed by atoms with Gasteiger partial charge in [0.1, 0.15) is 23.2 Å². The molecule has 3 heterocycles. The molecule has 4 rings (SSSR count). The highest BCUT2D eigenvalue weighted by Crippen LogP contribution is 2.45. The van der Waals surface area contributed by atoms with Crippen LogP contribution in [0.3, 0.4) is 0 Å². The fraction of sp³-hybridized carbons (Fsp3) is 0.786. The minimum atomic E-state index is -4.04. The third-order valence-corrected chi connectivity index (χ3v) is 9.69. The van der Waals surface area contributed by atoms with E-state index in [1.54, 1.807) is 20.8 Å². The zero-order valence-electron chi connectivity index (χ0n) is 24.4. The molecule has 12 nitrogen and oxygen atoms in total. The summed E-state index contributed by atoms with van der Waals surface area (Å²) in [6.45, 7) is 6.28. The predicted octanol–water partition coefficient (Wildman–Crippen LogP) is 2.11. The Morgan fingerprint density at radius 3 is 2.41 bits per heavy atom. The van der Waals surface area contributed by atoms with Crippen molar-refractivity contribution in [1.29, 1.82) is 0 Å². The van der Waals surface area contributed by atoms with Gasteiger partial charge >= 0.3 is 16.3 Å². The summed E-state index contributed by atoms with van der Waals surface area (Å²) in [5, 5.41) is 5.56. The smallest absolute Gasteiger partial charge is 0.408 e. The van der Waals surface area contributed by atoms with Crippen LogP contribution in [0.1, 0.15) is 91.4 Å². The maximum absolute atomic E-state index is 13.7. The van der Waals surface area contributed by atoms with Crippen molar-refractivity contribution in [2.45, 2.75) is 115 Å². The molecule has 230 valence electrons. The molecule has 0 aromatic heterocycles. The Balaban J connectivity index is 1.53. The van der Waals surface area contributed by atoms with Crippen LogP contribution in [0.5, 0.6) is 0 Å². The quantitative estimate of drug-likeness (QED) is 0.421. The first-order valence-corrected chi connectivity index (χ1v) is 16.4. The molecule has 0 aromatic carbocycles. The van der Waals surface area contributed by atoms with Gasteiger partial charge in [0, 0.05) is 25.6 Å². The zero-order chi connectivity index (χ0) is 29.8. The average Bonchev–Trinajstić information content (AvgIpc) is 3.36. The molecule has 2 saturated heterocycles. The number of nitrogens with zero attached hydrogens (tertiary/aromatic N) is 2. The highest BCUT2D eigenvalue weighted by atomic mass is 32.2. The summed E-state index contributed by atoms with van der Waals surface area (Å²) >= 11 is 0. The summed E-state index contributed by atoms with van der Waals surface area (Å²) in [6, 6.07) is -1.68. The van der Waals surface area contributed by atoms with Crippen LogP contribution >= 0.6 is 0 Å². The maximum Gasteiger partial charge on any atom is 0.408 e. The molecule has 4 atom stereocenters. The largest absolute Gasteiger partial charge is 0.444 e. The van der Waals surface area contributed by atoms with Crippen molar-refractivity contribution in [3.63, 3.8) is 0 Å². The molecule has 1 aliphatic carbocycles. The van der Waals surface area contributed by atoms with Gasteiger partial charge in [0.15, 0.2) is 0 Å². The topological polar surface area (TPSA) is 154 Å². The highest BCUT2D eigenvalue weighted by Gasteiger charge is 2.61. The van der Waals surface area contributed by atoms with Crippen LogP contribution in [0.25, 0.3) is 0 Å². The summed E-state index contributed by atoms with van der Waals surface area (Å²) in [5.41, 5.74) is -2.13. The number of allylic oxidation sites excluding steroid dienone is 1. The van der Waals surface area contributed by atoms with Crippen molar-refractivity contribution in [3.05, 3.63) is 12.2 Å². The summed E-state index contributed by atoms with van der Waals surface area (Å²) in [5.74, 6) is -1.96. The molecule has 0 radical (unpaired) electrons. The van der Waals surface area contributed by atoms with E-state index >= 15 is 0 Å². The Bertz CT molecular complexity index is 1140. The Morgan fingerprint density at radius 2 is 1.71 bits per heavy atom. The number of amides is 4. The Hall–Kier alpha value is -2.67. The van der Waals surface area contributed by atoms with Gasteiger partial charge in [-0.3, -0.25) is 14.4 Å². The number of carbonyl (C=O) groups is 4. The Morgan fingerprint density at radius 1 is 1.00 bits per heavy atom. The zero-order valence-corrected chi connectivity index (χ0v) is 25.3. The predicted molar refractivity (Wildman–Crippen MR) is 152 cm³/mol. The first-order chi connectivity index (χ1) is 19.3. The van der Waals surface area contributed by atoms with Crippen molar-refractivity contribution < 1.29 is 32.3 Å². The molecule has 1 unspecified atom stereocenters. The van der Waals surface area contributed by atoms with Crippen LogP contribution in [-0.2, 0) is 29.3 Å². The van der Waals surface area contributed by atoms with Crippen molar-refractivity contribution in [2.24, 2.45) is 5.92 Å². The van der Waals surface area contributed by atoms with E-state index in [0.717, 1.165) is 38.5 Å². The van der Waals surface area contributed by atoms with Crippen LogP contribution in [-0.4, -0.2) is 84.3 Å². The van der Waals surface area contributed by atoms with Crippen LogP contribution in [0.15, 0.2) is 12.2 Å². The SMILES string of the molecule is CC(C)(C)OC(=O)NC1CCCCCC=C[C@@H]2C[C@@]2(C(=O)NS(=O)(=O)N2CCCCC2)NC(=O)[C@@H]2CCCN2C1=O. The molecular weight excluding hydrogens is 550 g/mol. The van der Waals surface area contributed by atoms with Crippen LogP contribution in [0.4, 0.5) is 4.79 Å². The fourth-order valence-electron chi connectivity index (χ4n) is 5.92. The molecule has 4 amide bonds. The number of rotatable bonds is 4. The van der Waals surface area contributed by atoms with Crippen LogP contribution < -0.4 is 15.4 Å². The highest BCUT2D eigenvalue weighted by molar-refractivity contribution is 7.87. The summed E-state index contributed by atoms with van der Waals surface area (Å²) in [7, 11) is -4.04. The number of carbonyl (C=O) groups excluding carboxylic acids is 4. The van der Waals surface area contributed by atoms with Gasteiger partial charge in [-0.15, -0.1) is 0 Å². The third kappa shape index (κ3) is 7.79. The number of hydrogen-bond donors (Lipinski definition) is 3. The van der Waals surface area contributed by atoms with Crippen LogP contribution in [0.2, 0.25) is 0 Å². The lowest BCUT2D eigenvalue weighted by Crippen LogP contribution is -2.59. The maximum atomic E-state index is 13.7. The minimum absolute atomic E-state index is 0.278. The second-order valence-corrected chi connectivity index (χ2v) is 14.3. The standard InChI is InChI=1S/C28H45N5O7S/c1-27(2,3)40-26(37)29-21-14-9-6-4-5-8-13-20-19-28(20,30-23(34)22-15-12-18-33(22)24(21)35)25(36)31-41(38,39)32-16-10-7-11-17-32/h8,13,20-22H,4-7,9-12,14-19H2,1-3H3,(H,29,37)(H,30,34)(H,31,36)/t20-,21?,22+,28-/m1/s1. The summed E-state index contributed by atoms with van der Waals surface area (Å²) in [6.07, 6.45) is 10.4. The molecule has 4 aliphatic rings. The molecule has 0 bridgehead atoms. The second kappa shape index (κ2) is 12.7. The minimum Gasteiger partial charge on any atom is -0.444 e. The van der Waals surface area contributed by atoms with Crippen molar-refractivity contribution >= 4 is 34.0 Å². The number of ether oxygens (including phenoxy) is 1. The van der Waals surface area contributed by atoms with E-state index in [1.165, 1.54) is 9.21 Å². The van der Waals surface area contributed by atoms with Crippen molar-refractivity contribution in [2.75, 3.05) is 19.6 Å². The molecule has 3 fully saturated rings. The molecule has 13 heteroatoms. The molecular formula is C28H45N5O7S. The normalized spacial score (nSPS) is 30.2. The summed E-state index contributed by atoms with van der Waals surface area (Å²) in [4.78, 5) is 54.8. The molecule has 1 saturated carbocycles. The van der Waals surface area contributed by atoms with E-state index in [9.17, 15) is 27.6 Å². The van der Waals surface area contributed by atoms with Gasteiger partial charge in [0.05, 0.1) is 0 Å². The third-order valence-electron chi connectivity index (χ3n) is 8.20. The molecule has 0 aromatic rings. The average molecular weight is 596 g/mol. The van der Waals surface area contributed by atoms with Gasteiger partial charge < -0.3 is 20.3 Å². The van der Waals surface area contributed by atoms with Crippen molar-refractivity contribution in [1.82, 2.24) is 24.6 Å². The van der Waals surface area contributed by atoms with E-state index in [0.29, 0.717) is 45.3 Å². The molecule has 0 spiro atoms. The van der Waals surface area contributed by atoms with E-state index < -0.39 is 51.3 Å². The van der Waals surface area contributed by atoms with Gasteiger partial charge in [-0.2, -0.15) is 12.7 Å². The van der Waals surface area contributed by atoms with Gasteiger partial charge in [-0.05, 0) is 72.1 Å². The van der Waals surface area contributed by atoms with E-state index in [-0.39, 0.29) is 18.2 Å². The second-order valence-electron chi connectivity index (χ2n) is 12.6. The lowest BCUT2D eigenvalue weighted by molar-refractivity contribution is -0.141. The lowest BCUT2D eigenvalue weighted by Gasteiger charge is -2.31. The van der Waals surface area contributed by atoms with Crippen molar-refractivity contribution in [3.8, 4) is 0 Å². The lowest BCUT2D eigenvalue weighted by atomic mass is 10.0. The van der Waals surface area contributed by atoms with Gasteiger partial charge in [-0.25, -0.2) is 9.52 Å². The number of alkyl carbamates (subject to hydrolysis) is 1. The first kappa shape index (κ1) is 31.3. The van der Waals surface area contributed by atoms with E-state index in [4.69, 9.17) is 4.74 Å². The van der Waals surface area contributed by atoms with Gasteiger partial charge in [-0.1, -0.05) is 31.4 Å². The number of fused-ring (bicyclic) bond motifs is 2.